The first-order chi connectivity index (χ1) is 8.67. The third-order valence-electron chi connectivity index (χ3n) is 2.13. The van der Waals surface area contributed by atoms with E-state index >= 15 is 0 Å². The van der Waals surface area contributed by atoms with Crippen LogP contribution in [-0.2, 0) is 16.1 Å². The molecule has 1 aliphatic rings. The number of carboxylic acids is 1. The molecule has 1 aromatic rings. The smallest absolute Gasteiger partial charge is 0.516 e. The Hall–Kier alpha value is -0.750. The summed E-state index contributed by atoms with van der Waals surface area (Å²) in [5.74, 6) is 0.804. The minimum atomic E-state index is -0.745. The number of fused-ring (bicyclic) bond motifs is 1. The van der Waals surface area contributed by atoms with Crippen LogP contribution < -0.4 is 39.0 Å². The summed E-state index contributed by atoms with van der Waals surface area (Å²) in [4.78, 5) is 9.37. The molecule has 2 rings (SSSR count). The van der Waals surface area contributed by atoms with Gasteiger partial charge in [0, 0.05) is 19.6 Å². The zero-order valence-electron chi connectivity index (χ0n) is 11.6. The fourth-order valence-corrected chi connectivity index (χ4v) is 1.18. The molecule has 0 atom stereocenters. The Morgan fingerprint density at radius 3 is 2.63 bits per heavy atom. The van der Waals surface area contributed by atoms with Gasteiger partial charge in [-0.15, -0.1) is 17.7 Å². The Labute approximate surface area is 135 Å². The number of benzene rings is 1. The predicted molar refractivity (Wildman–Crippen MR) is 64.7 cm³/mol. The molecule has 1 N–H and O–H groups in total. The van der Waals surface area contributed by atoms with E-state index in [0.717, 1.165) is 17.1 Å². The second-order valence-corrected chi connectivity index (χ2v) is 3.48. The summed E-state index contributed by atoms with van der Waals surface area (Å²) in [6.45, 7) is 5.16. The molecule has 6 heteroatoms. The summed E-state index contributed by atoms with van der Waals surface area (Å²) in [7, 11) is 0. The van der Waals surface area contributed by atoms with E-state index in [-0.39, 0.29) is 36.0 Å². The molecule has 0 saturated carbocycles. The van der Waals surface area contributed by atoms with Crippen molar-refractivity contribution in [2.75, 3.05) is 13.4 Å². The second-order valence-electron chi connectivity index (χ2n) is 3.48. The average Bonchev–Trinajstić information content (AvgIpc) is 2.84. The molecule has 0 fully saturated rings. The maximum absolute atomic E-state index is 9.37. The average molecular weight is 276 g/mol. The molecule has 1 heterocycles. The summed E-state index contributed by atoms with van der Waals surface area (Å²) >= 11 is 0. The van der Waals surface area contributed by atoms with Crippen LogP contribution in [-0.4, -0.2) is 24.5 Å². The van der Waals surface area contributed by atoms with Crippen LogP contribution >= 0.6 is 0 Å². The molecule has 0 amide bonds. The van der Waals surface area contributed by atoms with Gasteiger partial charge in [-0.3, -0.25) is 4.79 Å². The zero-order valence-corrected chi connectivity index (χ0v) is 13.6. The Balaban J connectivity index is 0.000000471. The standard InChI is InChI=1S/C10H11O3.C3H6O2.Na/c1-2-11-6-8-3-4-9-10(5-8)13-7-12-9;1-2-3(4)5;/h4-5H,2,6-7H2,1H3;2H2,1H3,(H,4,5);/q-1;;+1. The van der Waals surface area contributed by atoms with Gasteiger partial charge in [-0.1, -0.05) is 6.92 Å². The molecular formula is C13H17NaO5. The van der Waals surface area contributed by atoms with Crippen LogP contribution in [0.2, 0.25) is 0 Å². The van der Waals surface area contributed by atoms with Crippen molar-refractivity contribution in [3.63, 3.8) is 0 Å². The number of rotatable bonds is 4. The first kappa shape index (κ1) is 18.2. The number of hydrogen-bond acceptors (Lipinski definition) is 4. The van der Waals surface area contributed by atoms with Crippen molar-refractivity contribution < 1.29 is 53.7 Å². The van der Waals surface area contributed by atoms with Crippen molar-refractivity contribution in [2.45, 2.75) is 26.9 Å². The molecule has 1 aliphatic heterocycles. The molecule has 100 valence electrons. The SMILES string of the molecule is CCC(=O)O.CCOCc1[c-]cc2c(c1)OCO2.[Na+]. The third kappa shape index (κ3) is 6.82. The van der Waals surface area contributed by atoms with Gasteiger partial charge in [0.15, 0.2) is 0 Å². The Morgan fingerprint density at radius 1 is 1.42 bits per heavy atom. The predicted octanol–water partition coefficient (Wildman–Crippen LogP) is -0.763. The Bertz CT molecular complexity index is 395. The van der Waals surface area contributed by atoms with Crippen LogP contribution in [0.5, 0.6) is 11.5 Å². The van der Waals surface area contributed by atoms with Crippen LogP contribution in [0.3, 0.4) is 0 Å². The maximum Gasteiger partial charge on any atom is 1.00 e. The minimum absolute atomic E-state index is 0. The molecule has 0 aliphatic carbocycles. The van der Waals surface area contributed by atoms with Crippen LogP contribution in [0.25, 0.3) is 0 Å². The molecule has 0 spiro atoms. The van der Waals surface area contributed by atoms with Crippen molar-refractivity contribution in [1.29, 1.82) is 0 Å². The van der Waals surface area contributed by atoms with E-state index in [2.05, 4.69) is 6.07 Å². The van der Waals surface area contributed by atoms with Gasteiger partial charge in [0.2, 0.25) is 6.79 Å². The van der Waals surface area contributed by atoms with E-state index in [1.165, 1.54) is 0 Å². The van der Waals surface area contributed by atoms with E-state index in [0.29, 0.717) is 20.0 Å². The first-order valence-corrected chi connectivity index (χ1v) is 5.77. The van der Waals surface area contributed by atoms with Crippen LogP contribution in [0.4, 0.5) is 0 Å². The second kappa shape index (κ2) is 10.1. The summed E-state index contributed by atoms with van der Waals surface area (Å²) < 4.78 is 15.6. The van der Waals surface area contributed by atoms with E-state index in [9.17, 15) is 4.79 Å². The largest absolute Gasteiger partial charge is 1.00 e. The molecule has 0 saturated heterocycles. The van der Waals surface area contributed by atoms with Gasteiger partial charge in [-0.2, -0.15) is 6.07 Å². The number of carboxylic acid groups (broad SMARTS) is 1. The van der Waals surface area contributed by atoms with E-state index in [4.69, 9.17) is 19.3 Å². The zero-order chi connectivity index (χ0) is 13.4. The van der Waals surface area contributed by atoms with E-state index in [1.54, 1.807) is 13.0 Å². The van der Waals surface area contributed by atoms with Crippen molar-refractivity contribution in [2.24, 2.45) is 0 Å². The molecule has 0 bridgehead atoms. The minimum Gasteiger partial charge on any atom is -0.516 e. The Kier molecular flexibility index (Phi) is 9.69. The van der Waals surface area contributed by atoms with Gasteiger partial charge >= 0.3 is 35.5 Å². The van der Waals surface area contributed by atoms with Gasteiger partial charge in [0.1, 0.15) is 0 Å². The third-order valence-corrected chi connectivity index (χ3v) is 2.13. The Morgan fingerprint density at radius 2 is 2.05 bits per heavy atom. The van der Waals surface area contributed by atoms with Crippen molar-refractivity contribution in [1.82, 2.24) is 0 Å². The molecular weight excluding hydrogens is 259 g/mol. The quantitative estimate of drug-likeness (QED) is 0.578. The fraction of sp³-hybridized carbons (Fsp3) is 0.462. The maximum atomic E-state index is 9.37. The van der Waals surface area contributed by atoms with Gasteiger partial charge in [0.25, 0.3) is 0 Å². The molecule has 19 heavy (non-hydrogen) atoms. The molecule has 0 radical (unpaired) electrons. The van der Waals surface area contributed by atoms with E-state index < -0.39 is 5.97 Å². The van der Waals surface area contributed by atoms with Crippen molar-refractivity contribution in [3.8, 4) is 11.5 Å². The van der Waals surface area contributed by atoms with Crippen LogP contribution in [0.15, 0.2) is 12.1 Å². The van der Waals surface area contributed by atoms with Crippen LogP contribution in [0.1, 0.15) is 25.8 Å². The summed E-state index contributed by atoms with van der Waals surface area (Å²) in [6, 6.07) is 6.76. The fourth-order valence-electron chi connectivity index (χ4n) is 1.18. The molecule has 1 aromatic carbocycles. The van der Waals surface area contributed by atoms with Crippen molar-refractivity contribution >= 4 is 5.97 Å². The molecule has 0 unspecified atom stereocenters. The molecule has 0 aromatic heterocycles. The van der Waals surface area contributed by atoms with Gasteiger partial charge in [0.05, 0.1) is 11.5 Å². The number of hydrogen-bond donors (Lipinski definition) is 1. The summed E-state index contributed by atoms with van der Waals surface area (Å²) in [5.41, 5.74) is 0.992. The summed E-state index contributed by atoms with van der Waals surface area (Å²) in [6.07, 6.45) is 0.222. The monoisotopic (exact) mass is 276 g/mol. The van der Waals surface area contributed by atoms with Gasteiger partial charge in [-0.05, 0) is 6.92 Å². The first-order valence-electron chi connectivity index (χ1n) is 5.77. The summed E-state index contributed by atoms with van der Waals surface area (Å²) in [5, 5.41) is 7.72. The number of aliphatic carboxylic acids is 1. The van der Waals surface area contributed by atoms with E-state index in [1.807, 2.05) is 13.0 Å². The van der Waals surface area contributed by atoms with Gasteiger partial charge < -0.3 is 19.3 Å². The topological polar surface area (TPSA) is 65.0 Å². The normalized spacial score (nSPS) is 11.1. The number of ether oxygens (including phenoxy) is 3. The number of carbonyl (C=O) groups is 1. The van der Waals surface area contributed by atoms with Gasteiger partial charge in [-0.25, -0.2) is 0 Å². The molecule has 5 nitrogen and oxygen atoms in total. The van der Waals surface area contributed by atoms with Crippen LogP contribution in [0, 0.1) is 6.07 Å². The van der Waals surface area contributed by atoms with Crippen molar-refractivity contribution in [3.05, 3.63) is 23.8 Å².